The second kappa shape index (κ2) is 6.08. The zero-order valence-electron chi connectivity index (χ0n) is 12.2. The second-order valence-corrected chi connectivity index (χ2v) is 6.54. The molecule has 1 heterocycles. The average Bonchev–Trinajstić information content (AvgIpc) is 2.96. The second-order valence-electron chi connectivity index (χ2n) is 4.99. The number of nitrogens with one attached hydrogen (secondary N) is 1. The molecule has 24 heavy (non-hydrogen) atoms. The van der Waals surface area contributed by atoms with Gasteiger partial charge in [-0.15, -0.1) is 0 Å². The third kappa shape index (κ3) is 3.16. The molecule has 9 heteroatoms. The van der Waals surface area contributed by atoms with Gasteiger partial charge in [0.15, 0.2) is 11.6 Å². The monoisotopic (exact) mass is 354 g/mol. The minimum absolute atomic E-state index is 0.213. The SMILES string of the molecule is O=C1NCCN1c1ccc(S(=O)(=O)Oc2ccc(F)cc2F)cc1. The molecule has 0 saturated carbocycles. The van der Waals surface area contributed by atoms with Crippen molar-refractivity contribution in [3.63, 3.8) is 0 Å². The van der Waals surface area contributed by atoms with Crippen LogP contribution in [0.1, 0.15) is 0 Å². The minimum Gasteiger partial charge on any atom is -0.376 e. The van der Waals surface area contributed by atoms with E-state index in [1.54, 1.807) is 0 Å². The van der Waals surface area contributed by atoms with Gasteiger partial charge in [0.2, 0.25) is 0 Å². The van der Waals surface area contributed by atoms with E-state index in [4.69, 9.17) is 4.18 Å². The maximum atomic E-state index is 13.5. The fourth-order valence-corrected chi connectivity index (χ4v) is 3.16. The largest absolute Gasteiger partial charge is 0.376 e. The Bertz CT molecular complexity index is 885. The number of carbonyl (C=O) groups is 1. The summed E-state index contributed by atoms with van der Waals surface area (Å²) in [5.74, 6) is -2.56. The van der Waals surface area contributed by atoms with Crippen molar-refractivity contribution in [2.75, 3.05) is 18.0 Å². The summed E-state index contributed by atoms with van der Waals surface area (Å²) < 4.78 is 55.4. The van der Waals surface area contributed by atoms with Gasteiger partial charge in [-0.1, -0.05) is 0 Å². The van der Waals surface area contributed by atoms with Crippen LogP contribution in [-0.4, -0.2) is 27.5 Å². The standard InChI is InChI=1S/C15H12F2N2O4S/c16-10-1-6-14(13(17)9-10)23-24(21,22)12-4-2-11(3-5-12)19-8-7-18-15(19)20/h1-6,9H,7-8H2,(H,18,20). The Morgan fingerprint density at radius 2 is 1.79 bits per heavy atom. The number of amides is 2. The Kier molecular flexibility index (Phi) is 4.10. The Morgan fingerprint density at radius 3 is 2.38 bits per heavy atom. The van der Waals surface area contributed by atoms with Crippen molar-refractivity contribution in [3.05, 3.63) is 54.1 Å². The number of hydrogen-bond donors (Lipinski definition) is 1. The van der Waals surface area contributed by atoms with Crippen LogP contribution in [0, 0.1) is 11.6 Å². The van der Waals surface area contributed by atoms with Crippen LogP contribution in [0.2, 0.25) is 0 Å². The van der Waals surface area contributed by atoms with E-state index in [1.165, 1.54) is 29.2 Å². The van der Waals surface area contributed by atoms with Crippen LogP contribution in [-0.2, 0) is 10.1 Å². The van der Waals surface area contributed by atoms with Crippen LogP contribution in [0.15, 0.2) is 47.4 Å². The van der Waals surface area contributed by atoms with E-state index in [0.717, 1.165) is 12.1 Å². The van der Waals surface area contributed by atoms with Crippen molar-refractivity contribution >= 4 is 21.8 Å². The van der Waals surface area contributed by atoms with Crippen LogP contribution in [0.4, 0.5) is 19.3 Å². The minimum atomic E-state index is -4.28. The molecule has 2 amide bonds. The Balaban J connectivity index is 1.83. The number of halogens is 2. The molecule has 0 radical (unpaired) electrons. The fourth-order valence-electron chi connectivity index (χ4n) is 2.22. The van der Waals surface area contributed by atoms with E-state index >= 15 is 0 Å². The van der Waals surface area contributed by atoms with Crippen molar-refractivity contribution in [2.45, 2.75) is 4.90 Å². The van der Waals surface area contributed by atoms with Gasteiger partial charge in [-0.25, -0.2) is 13.6 Å². The number of carbonyl (C=O) groups excluding carboxylic acids is 1. The molecule has 0 aromatic heterocycles. The van der Waals surface area contributed by atoms with E-state index in [2.05, 4.69) is 5.32 Å². The highest BCUT2D eigenvalue weighted by atomic mass is 32.2. The lowest BCUT2D eigenvalue weighted by Gasteiger charge is -2.14. The third-order valence-corrected chi connectivity index (χ3v) is 4.64. The first-order valence-electron chi connectivity index (χ1n) is 6.92. The molecule has 6 nitrogen and oxygen atoms in total. The van der Waals surface area contributed by atoms with Crippen molar-refractivity contribution < 1.29 is 26.2 Å². The molecule has 0 unspecified atom stereocenters. The van der Waals surface area contributed by atoms with Gasteiger partial charge in [-0.3, -0.25) is 4.90 Å². The van der Waals surface area contributed by atoms with Crippen LogP contribution >= 0.6 is 0 Å². The molecule has 3 rings (SSSR count). The van der Waals surface area contributed by atoms with E-state index in [9.17, 15) is 22.0 Å². The first kappa shape index (κ1) is 16.2. The number of anilines is 1. The van der Waals surface area contributed by atoms with Crippen LogP contribution in [0.25, 0.3) is 0 Å². The van der Waals surface area contributed by atoms with Gasteiger partial charge in [0.1, 0.15) is 10.7 Å². The molecule has 0 aliphatic carbocycles. The molecule has 1 fully saturated rings. The molecule has 0 atom stereocenters. The Hall–Kier alpha value is -2.68. The maximum absolute atomic E-state index is 13.5. The van der Waals surface area contributed by atoms with Crippen molar-refractivity contribution in [1.82, 2.24) is 5.32 Å². The highest BCUT2D eigenvalue weighted by Crippen LogP contribution is 2.24. The number of rotatable bonds is 4. The van der Waals surface area contributed by atoms with E-state index in [0.29, 0.717) is 24.8 Å². The predicted octanol–water partition coefficient (Wildman–Crippen LogP) is 2.26. The van der Waals surface area contributed by atoms with Gasteiger partial charge in [-0.05, 0) is 36.4 Å². The van der Waals surface area contributed by atoms with E-state index < -0.39 is 27.5 Å². The topological polar surface area (TPSA) is 75.7 Å². The smallest absolute Gasteiger partial charge is 0.339 e. The zero-order valence-corrected chi connectivity index (χ0v) is 13.0. The average molecular weight is 354 g/mol. The molecule has 1 aliphatic rings. The van der Waals surface area contributed by atoms with Gasteiger partial charge >= 0.3 is 16.1 Å². The van der Waals surface area contributed by atoms with E-state index in [1.807, 2.05) is 0 Å². The molecule has 1 aliphatic heterocycles. The number of hydrogen-bond acceptors (Lipinski definition) is 4. The molecule has 2 aromatic carbocycles. The number of nitrogens with zero attached hydrogens (tertiary/aromatic N) is 1. The third-order valence-electron chi connectivity index (χ3n) is 3.39. The van der Waals surface area contributed by atoms with Crippen LogP contribution in [0.3, 0.4) is 0 Å². The van der Waals surface area contributed by atoms with Crippen LogP contribution < -0.4 is 14.4 Å². The van der Waals surface area contributed by atoms with Gasteiger partial charge in [0, 0.05) is 24.8 Å². The molecule has 0 bridgehead atoms. The van der Waals surface area contributed by atoms with Crippen LogP contribution in [0.5, 0.6) is 5.75 Å². The lowest BCUT2D eigenvalue weighted by atomic mass is 10.3. The zero-order chi connectivity index (χ0) is 17.3. The number of benzene rings is 2. The van der Waals surface area contributed by atoms with Gasteiger partial charge < -0.3 is 9.50 Å². The fraction of sp³-hybridized carbons (Fsp3) is 0.133. The predicted molar refractivity (Wildman–Crippen MR) is 81.4 cm³/mol. The highest BCUT2D eigenvalue weighted by Gasteiger charge is 2.23. The summed E-state index contributed by atoms with van der Waals surface area (Å²) in [4.78, 5) is 12.8. The first-order valence-corrected chi connectivity index (χ1v) is 8.32. The summed E-state index contributed by atoms with van der Waals surface area (Å²) in [7, 11) is -4.28. The lowest BCUT2D eigenvalue weighted by Crippen LogP contribution is -2.27. The summed E-state index contributed by atoms with van der Waals surface area (Å²) in [5.41, 5.74) is 0.525. The molecular weight excluding hydrogens is 342 g/mol. The van der Waals surface area contributed by atoms with Crippen molar-refractivity contribution in [3.8, 4) is 5.75 Å². The molecule has 126 valence electrons. The molecule has 2 aromatic rings. The highest BCUT2D eigenvalue weighted by molar-refractivity contribution is 7.87. The van der Waals surface area contributed by atoms with Gasteiger partial charge in [-0.2, -0.15) is 8.42 Å². The van der Waals surface area contributed by atoms with Crippen molar-refractivity contribution in [1.29, 1.82) is 0 Å². The van der Waals surface area contributed by atoms with Gasteiger partial charge in [0.05, 0.1) is 0 Å². The Morgan fingerprint density at radius 1 is 1.08 bits per heavy atom. The molecule has 1 N–H and O–H groups in total. The Labute approximate surface area is 136 Å². The molecular formula is C15H12F2N2O4S. The lowest BCUT2D eigenvalue weighted by molar-refractivity contribution is 0.252. The quantitative estimate of drug-likeness (QED) is 0.855. The summed E-state index contributed by atoms with van der Waals surface area (Å²) in [6.45, 7) is 0.980. The number of urea groups is 1. The summed E-state index contributed by atoms with van der Waals surface area (Å²) in [6.07, 6.45) is 0. The summed E-state index contributed by atoms with van der Waals surface area (Å²) in [6, 6.07) is 7.43. The summed E-state index contributed by atoms with van der Waals surface area (Å²) >= 11 is 0. The normalized spacial score (nSPS) is 14.6. The molecule has 1 saturated heterocycles. The van der Waals surface area contributed by atoms with Crippen molar-refractivity contribution in [2.24, 2.45) is 0 Å². The van der Waals surface area contributed by atoms with Gasteiger partial charge in [0.25, 0.3) is 0 Å². The van der Waals surface area contributed by atoms with E-state index in [-0.39, 0.29) is 10.9 Å². The maximum Gasteiger partial charge on any atom is 0.339 e. The summed E-state index contributed by atoms with van der Waals surface area (Å²) in [5, 5.41) is 2.63. The molecule has 0 spiro atoms. The first-order chi connectivity index (χ1) is 11.4.